The largest absolute Gasteiger partial charge is 0.357 e. The van der Waals surface area contributed by atoms with Crippen LogP contribution in [0.15, 0.2) is 108 Å². The molecule has 218 valence electrons. The summed E-state index contributed by atoms with van der Waals surface area (Å²) in [4.78, 5) is 29.0. The number of carbonyl (C=O) groups is 2. The Morgan fingerprint density at radius 1 is 0.833 bits per heavy atom. The minimum Gasteiger partial charge on any atom is -0.357 e. The summed E-state index contributed by atoms with van der Waals surface area (Å²) in [6, 6.07) is 28.2. The molecule has 10 heteroatoms. The molecule has 1 atom stereocenters. The second kappa shape index (κ2) is 13.9. The van der Waals surface area contributed by atoms with Gasteiger partial charge in [0, 0.05) is 25.0 Å². The van der Waals surface area contributed by atoms with Crippen LogP contribution in [0.1, 0.15) is 16.7 Å². The number of rotatable bonds is 11. The van der Waals surface area contributed by atoms with Crippen LogP contribution < -0.4 is 9.62 Å². The quantitative estimate of drug-likeness (QED) is 0.226. The first-order valence-electron chi connectivity index (χ1n) is 13.2. The van der Waals surface area contributed by atoms with Gasteiger partial charge in [0.15, 0.2) is 0 Å². The Bertz CT molecular complexity index is 1650. The maximum Gasteiger partial charge on any atom is 0.264 e. The summed E-state index contributed by atoms with van der Waals surface area (Å²) >= 11 is 12.7. The Morgan fingerprint density at radius 2 is 1.48 bits per heavy atom. The molecule has 0 saturated carbocycles. The highest BCUT2D eigenvalue weighted by Crippen LogP contribution is 2.33. The molecule has 0 heterocycles. The van der Waals surface area contributed by atoms with E-state index in [1.807, 2.05) is 61.5 Å². The van der Waals surface area contributed by atoms with Gasteiger partial charge in [-0.15, -0.1) is 0 Å². The summed E-state index contributed by atoms with van der Waals surface area (Å²) in [5.74, 6) is -0.963. The van der Waals surface area contributed by atoms with Crippen molar-refractivity contribution in [3.63, 3.8) is 0 Å². The Balaban J connectivity index is 1.81. The van der Waals surface area contributed by atoms with Gasteiger partial charge in [-0.2, -0.15) is 0 Å². The highest BCUT2D eigenvalue weighted by Gasteiger charge is 2.35. The van der Waals surface area contributed by atoms with Crippen LogP contribution in [-0.4, -0.2) is 44.8 Å². The third-order valence-corrected chi connectivity index (χ3v) is 9.07. The van der Waals surface area contributed by atoms with Crippen molar-refractivity contribution >= 4 is 50.7 Å². The maximum atomic E-state index is 14.3. The number of amides is 2. The Kier molecular flexibility index (Phi) is 10.3. The van der Waals surface area contributed by atoms with Gasteiger partial charge in [0.25, 0.3) is 10.0 Å². The lowest BCUT2D eigenvalue weighted by Gasteiger charge is -2.34. The van der Waals surface area contributed by atoms with E-state index in [-0.39, 0.29) is 39.5 Å². The van der Waals surface area contributed by atoms with Crippen LogP contribution in [0.4, 0.5) is 5.69 Å². The van der Waals surface area contributed by atoms with Crippen LogP contribution in [0.25, 0.3) is 0 Å². The first kappa shape index (κ1) is 31.1. The van der Waals surface area contributed by atoms with E-state index in [1.165, 1.54) is 42.3 Å². The lowest BCUT2D eigenvalue weighted by atomic mass is 10.0. The fourth-order valence-corrected chi connectivity index (χ4v) is 6.52. The number of carbonyl (C=O) groups excluding carboxylic acids is 2. The average Bonchev–Trinajstić information content (AvgIpc) is 2.99. The van der Waals surface area contributed by atoms with E-state index < -0.39 is 28.5 Å². The van der Waals surface area contributed by atoms with E-state index in [0.717, 1.165) is 21.0 Å². The molecule has 0 aliphatic carbocycles. The topological polar surface area (TPSA) is 86.8 Å². The number of aryl methyl sites for hydroxylation is 1. The second-order valence-corrected chi connectivity index (χ2v) is 12.5. The molecule has 0 fully saturated rings. The molecule has 0 aliphatic heterocycles. The first-order chi connectivity index (χ1) is 20.1. The van der Waals surface area contributed by atoms with E-state index >= 15 is 0 Å². The number of hydrogen-bond acceptors (Lipinski definition) is 4. The minimum absolute atomic E-state index is 0.0220. The summed E-state index contributed by atoms with van der Waals surface area (Å²) in [7, 11) is -2.76. The fourth-order valence-electron chi connectivity index (χ4n) is 4.64. The molecular formula is C32H31Cl2N3O4S. The first-order valence-corrected chi connectivity index (χ1v) is 15.4. The molecule has 0 aliphatic rings. The SMILES string of the molecule is CNC(=O)[C@@H](Cc1ccccc1)N(Cc1cccc(C)c1)C(=O)CN(c1cc(Cl)ccc1Cl)S(=O)(=O)c1ccccc1. The summed E-state index contributed by atoms with van der Waals surface area (Å²) in [6.45, 7) is 1.39. The van der Waals surface area contributed by atoms with Gasteiger partial charge in [-0.25, -0.2) is 8.42 Å². The molecule has 0 bridgehead atoms. The molecule has 0 radical (unpaired) electrons. The summed E-state index contributed by atoms with van der Waals surface area (Å²) < 4.78 is 28.9. The van der Waals surface area contributed by atoms with Gasteiger partial charge in [0.2, 0.25) is 11.8 Å². The zero-order chi connectivity index (χ0) is 30.3. The lowest BCUT2D eigenvalue weighted by Crippen LogP contribution is -2.53. The standard InChI is InChI=1S/C32H31Cl2N3O4S/c1-23-10-9-13-25(18-23)21-36(30(32(39)35-2)19-24-11-5-3-6-12-24)31(38)22-37(29-20-26(33)16-17-28(29)34)42(40,41)27-14-7-4-8-15-27/h3-18,20,30H,19,21-22H2,1-2H3,(H,35,39)/t30-/m1/s1. The Hall–Kier alpha value is -3.85. The van der Waals surface area contributed by atoms with E-state index in [0.29, 0.717) is 0 Å². The van der Waals surface area contributed by atoms with Crippen LogP contribution in [0.2, 0.25) is 10.0 Å². The molecule has 42 heavy (non-hydrogen) atoms. The predicted octanol–water partition coefficient (Wildman–Crippen LogP) is 5.88. The monoisotopic (exact) mass is 623 g/mol. The number of likely N-dealkylation sites (N-methyl/N-ethyl adjacent to an activating group) is 1. The highest BCUT2D eigenvalue weighted by molar-refractivity contribution is 7.92. The van der Waals surface area contributed by atoms with Gasteiger partial charge in [0.1, 0.15) is 12.6 Å². The molecule has 0 saturated heterocycles. The zero-order valence-electron chi connectivity index (χ0n) is 23.2. The lowest BCUT2D eigenvalue weighted by molar-refractivity contribution is -0.139. The summed E-state index contributed by atoms with van der Waals surface area (Å²) in [5.41, 5.74) is 2.68. The molecule has 4 aromatic carbocycles. The number of sulfonamides is 1. The number of nitrogens with one attached hydrogen (secondary N) is 1. The van der Waals surface area contributed by atoms with E-state index in [2.05, 4.69) is 5.32 Å². The van der Waals surface area contributed by atoms with Crippen LogP contribution >= 0.6 is 23.2 Å². The molecule has 0 aromatic heterocycles. The Morgan fingerprint density at radius 3 is 2.12 bits per heavy atom. The van der Waals surface area contributed by atoms with Crippen molar-refractivity contribution in [2.24, 2.45) is 0 Å². The van der Waals surface area contributed by atoms with Crippen LogP contribution in [0.5, 0.6) is 0 Å². The molecule has 2 amide bonds. The van der Waals surface area contributed by atoms with Gasteiger partial charge in [-0.1, -0.05) is 102 Å². The average molecular weight is 625 g/mol. The molecule has 0 spiro atoms. The third kappa shape index (κ3) is 7.50. The van der Waals surface area contributed by atoms with Gasteiger partial charge in [0.05, 0.1) is 15.6 Å². The highest BCUT2D eigenvalue weighted by atomic mass is 35.5. The van der Waals surface area contributed by atoms with Crippen molar-refractivity contribution in [2.75, 3.05) is 17.9 Å². The van der Waals surface area contributed by atoms with Gasteiger partial charge < -0.3 is 10.2 Å². The van der Waals surface area contributed by atoms with E-state index in [9.17, 15) is 18.0 Å². The normalized spacial score (nSPS) is 11.9. The molecule has 4 rings (SSSR count). The number of benzene rings is 4. The summed E-state index contributed by atoms with van der Waals surface area (Å²) in [5, 5.41) is 3.02. The van der Waals surface area contributed by atoms with Gasteiger partial charge in [-0.05, 0) is 48.4 Å². The van der Waals surface area contributed by atoms with E-state index in [4.69, 9.17) is 23.2 Å². The number of halogens is 2. The van der Waals surface area contributed by atoms with Crippen LogP contribution in [0, 0.1) is 6.92 Å². The minimum atomic E-state index is -4.27. The van der Waals surface area contributed by atoms with Crippen molar-refractivity contribution in [3.05, 3.63) is 130 Å². The Labute approximate surface area is 256 Å². The third-order valence-electron chi connectivity index (χ3n) is 6.74. The second-order valence-electron chi connectivity index (χ2n) is 9.75. The molecule has 4 aromatic rings. The predicted molar refractivity (Wildman–Crippen MR) is 167 cm³/mol. The number of nitrogens with zero attached hydrogens (tertiary/aromatic N) is 2. The molecule has 0 unspecified atom stereocenters. The van der Waals surface area contributed by atoms with Crippen molar-refractivity contribution in [1.29, 1.82) is 0 Å². The van der Waals surface area contributed by atoms with Gasteiger partial charge in [-0.3, -0.25) is 13.9 Å². The maximum absolute atomic E-state index is 14.3. The fraction of sp³-hybridized carbons (Fsp3) is 0.188. The number of anilines is 1. The van der Waals surface area contributed by atoms with Gasteiger partial charge >= 0.3 is 0 Å². The smallest absolute Gasteiger partial charge is 0.264 e. The zero-order valence-corrected chi connectivity index (χ0v) is 25.5. The molecule has 1 N–H and O–H groups in total. The van der Waals surface area contributed by atoms with Crippen LogP contribution in [-0.2, 0) is 32.6 Å². The van der Waals surface area contributed by atoms with Crippen LogP contribution in [0.3, 0.4) is 0 Å². The summed E-state index contributed by atoms with van der Waals surface area (Å²) in [6.07, 6.45) is 0.224. The van der Waals surface area contributed by atoms with E-state index in [1.54, 1.807) is 18.2 Å². The molecular weight excluding hydrogens is 593 g/mol. The van der Waals surface area contributed by atoms with Crippen molar-refractivity contribution < 1.29 is 18.0 Å². The van der Waals surface area contributed by atoms with Crippen molar-refractivity contribution in [2.45, 2.75) is 30.8 Å². The van der Waals surface area contributed by atoms with Crippen molar-refractivity contribution in [3.8, 4) is 0 Å². The number of hydrogen-bond donors (Lipinski definition) is 1. The van der Waals surface area contributed by atoms with Crippen molar-refractivity contribution in [1.82, 2.24) is 10.2 Å². The molecule has 7 nitrogen and oxygen atoms in total.